The lowest BCUT2D eigenvalue weighted by Gasteiger charge is -2.27. The van der Waals surface area contributed by atoms with Gasteiger partial charge in [-0.2, -0.15) is 13.2 Å². The minimum Gasteiger partial charge on any atom is -0.396 e. The molecule has 2 amide bonds. The van der Waals surface area contributed by atoms with E-state index < -0.39 is 18.8 Å². The number of hydrogen-bond donors (Lipinski definition) is 2. The summed E-state index contributed by atoms with van der Waals surface area (Å²) in [5.74, 6) is 0.529. The molecule has 1 saturated heterocycles. The number of nitrogens with zero attached hydrogens (tertiary/aromatic N) is 4. The fraction of sp³-hybridized carbons (Fsp3) is 0.375. The van der Waals surface area contributed by atoms with E-state index >= 15 is 0 Å². The zero-order valence-electron chi connectivity index (χ0n) is 19.3. The number of carbonyl (C=O) groups excluding carboxylic acids is 1. The number of carbonyl (C=O) groups is 1. The molecule has 8 nitrogen and oxygen atoms in total. The fourth-order valence-corrected chi connectivity index (χ4v) is 3.88. The number of benzene rings is 1. The second-order valence-electron chi connectivity index (χ2n) is 8.61. The highest BCUT2D eigenvalue weighted by Crippen LogP contribution is 2.24. The van der Waals surface area contributed by atoms with Gasteiger partial charge in [0, 0.05) is 23.0 Å². The van der Waals surface area contributed by atoms with E-state index in [0.717, 1.165) is 42.8 Å². The molecule has 2 aromatic heterocycles. The Morgan fingerprint density at radius 2 is 2.06 bits per heavy atom. The van der Waals surface area contributed by atoms with Gasteiger partial charge in [0.2, 0.25) is 0 Å². The minimum atomic E-state index is -4.47. The van der Waals surface area contributed by atoms with Crippen LogP contribution in [0.15, 0.2) is 53.9 Å². The van der Waals surface area contributed by atoms with Crippen LogP contribution >= 0.6 is 0 Å². The number of hydrogen-bond acceptors (Lipinski definition) is 5. The molecule has 0 unspecified atom stereocenters. The maximum absolute atomic E-state index is 12.3. The van der Waals surface area contributed by atoms with E-state index in [2.05, 4.69) is 27.4 Å². The zero-order chi connectivity index (χ0) is 24.8. The summed E-state index contributed by atoms with van der Waals surface area (Å²) in [6.45, 7) is 1.38. The first-order valence-electron chi connectivity index (χ1n) is 11.3. The lowest BCUT2D eigenvalue weighted by Crippen LogP contribution is -2.36. The van der Waals surface area contributed by atoms with Crippen LogP contribution in [0, 0.1) is 5.92 Å². The maximum Gasteiger partial charge on any atom is 0.405 e. The molecule has 0 saturated carbocycles. The molecule has 35 heavy (non-hydrogen) atoms. The quantitative estimate of drug-likeness (QED) is 0.382. The van der Waals surface area contributed by atoms with E-state index in [9.17, 15) is 18.0 Å². The Labute approximate surface area is 200 Å². The number of rotatable bonds is 7. The Morgan fingerprint density at radius 1 is 1.26 bits per heavy atom. The third-order valence-electron chi connectivity index (χ3n) is 5.83. The number of pyridine rings is 1. The normalized spacial score (nSPS) is 15.5. The van der Waals surface area contributed by atoms with Gasteiger partial charge in [-0.15, -0.1) is 0 Å². The van der Waals surface area contributed by atoms with E-state index in [0.29, 0.717) is 23.9 Å². The summed E-state index contributed by atoms with van der Waals surface area (Å²) in [5, 5.41) is 8.30. The lowest BCUT2D eigenvalue weighted by molar-refractivity contribution is -0.122. The zero-order valence-corrected chi connectivity index (χ0v) is 19.3. The predicted octanol–water partition coefficient (Wildman–Crippen LogP) is 4.38. The average Bonchev–Trinajstić information content (AvgIpc) is 3.25. The average molecular weight is 489 g/mol. The van der Waals surface area contributed by atoms with Crippen molar-refractivity contribution in [2.75, 3.05) is 38.6 Å². The van der Waals surface area contributed by atoms with E-state index in [1.807, 2.05) is 28.8 Å². The topological polar surface area (TPSA) is 83.3 Å². The van der Waals surface area contributed by atoms with Crippen molar-refractivity contribution in [3.05, 3.63) is 54.4 Å². The standard InChI is InChI=1S/C24H27F3N6O2/c1-32-8-5-17(6-9-32)15-35-30-13-18-7-10-33-21(14-28-22(33)11-18)19-3-2-4-20(12-19)31-23(34)29-16-24(25,26)27/h2-4,7,10-14,17H,5-6,8-9,15-16H2,1H3,(H2,29,31,34)/b30-13+. The number of urea groups is 1. The van der Waals surface area contributed by atoms with Crippen molar-refractivity contribution in [1.29, 1.82) is 0 Å². The molecular formula is C24H27F3N6O2. The summed E-state index contributed by atoms with van der Waals surface area (Å²) in [6.07, 6.45) is 2.96. The summed E-state index contributed by atoms with van der Waals surface area (Å²) in [5.41, 5.74) is 3.41. The number of likely N-dealkylation sites (tertiary alicyclic amines) is 1. The number of piperidine rings is 1. The van der Waals surface area contributed by atoms with Crippen molar-refractivity contribution < 1.29 is 22.8 Å². The second kappa shape index (κ2) is 10.8. The molecule has 0 aliphatic carbocycles. The fourth-order valence-electron chi connectivity index (χ4n) is 3.88. The summed E-state index contributed by atoms with van der Waals surface area (Å²) in [7, 11) is 2.13. The van der Waals surface area contributed by atoms with Crippen molar-refractivity contribution in [3.8, 4) is 11.3 Å². The molecule has 0 bridgehead atoms. The monoisotopic (exact) mass is 488 g/mol. The molecule has 4 rings (SSSR count). The highest BCUT2D eigenvalue weighted by molar-refractivity contribution is 5.90. The molecule has 0 atom stereocenters. The highest BCUT2D eigenvalue weighted by Gasteiger charge is 2.27. The van der Waals surface area contributed by atoms with Crippen LogP contribution in [0.1, 0.15) is 18.4 Å². The SMILES string of the molecule is CN1CCC(CO/N=C/c2ccn3c(-c4cccc(NC(=O)NCC(F)(F)F)c4)cnc3c2)CC1. The van der Waals surface area contributed by atoms with Crippen molar-refractivity contribution >= 4 is 23.6 Å². The number of amides is 2. The molecule has 1 aliphatic heterocycles. The Balaban J connectivity index is 1.38. The number of aromatic nitrogens is 2. The second-order valence-corrected chi connectivity index (χ2v) is 8.61. The summed E-state index contributed by atoms with van der Waals surface area (Å²) in [6, 6.07) is 9.62. The van der Waals surface area contributed by atoms with Crippen LogP contribution < -0.4 is 10.6 Å². The van der Waals surface area contributed by atoms with Gasteiger partial charge in [0.15, 0.2) is 0 Å². The Morgan fingerprint density at radius 3 is 2.83 bits per heavy atom. The van der Waals surface area contributed by atoms with Gasteiger partial charge in [0.05, 0.1) is 18.1 Å². The van der Waals surface area contributed by atoms with Crippen LogP contribution in [-0.2, 0) is 4.84 Å². The van der Waals surface area contributed by atoms with Gasteiger partial charge in [0.25, 0.3) is 0 Å². The van der Waals surface area contributed by atoms with Crippen molar-refractivity contribution in [2.24, 2.45) is 11.1 Å². The lowest BCUT2D eigenvalue weighted by atomic mass is 9.98. The van der Waals surface area contributed by atoms with Gasteiger partial charge in [-0.05, 0) is 63.2 Å². The smallest absolute Gasteiger partial charge is 0.396 e. The van der Waals surface area contributed by atoms with Crippen LogP contribution in [0.2, 0.25) is 0 Å². The third kappa shape index (κ3) is 6.95. The largest absolute Gasteiger partial charge is 0.405 e. The van der Waals surface area contributed by atoms with Gasteiger partial charge in [-0.1, -0.05) is 17.3 Å². The first-order chi connectivity index (χ1) is 16.8. The molecule has 2 N–H and O–H groups in total. The van der Waals surface area contributed by atoms with Gasteiger partial charge < -0.3 is 20.4 Å². The van der Waals surface area contributed by atoms with Crippen LogP contribution in [0.4, 0.5) is 23.7 Å². The van der Waals surface area contributed by atoms with Gasteiger partial charge >= 0.3 is 12.2 Å². The molecule has 3 heterocycles. The van der Waals surface area contributed by atoms with Crippen molar-refractivity contribution in [1.82, 2.24) is 19.6 Å². The number of fused-ring (bicyclic) bond motifs is 1. The Kier molecular flexibility index (Phi) is 7.54. The first kappa shape index (κ1) is 24.5. The summed E-state index contributed by atoms with van der Waals surface area (Å²) in [4.78, 5) is 24.0. The Hall–Kier alpha value is -3.60. The molecule has 0 spiro atoms. The summed E-state index contributed by atoms with van der Waals surface area (Å²) >= 11 is 0. The van der Waals surface area contributed by atoms with Crippen LogP contribution in [0.5, 0.6) is 0 Å². The molecule has 0 radical (unpaired) electrons. The molecule has 186 valence electrons. The van der Waals surface area contributed by atoms with Crippen molar-refractivity contribution in [3.63, 3.8) is 0 Å². The van der Waals surface area contributed by atoms with Crippen molar-refractivity contribution in [2.45, 2.75) is 19.0 Å². The van der Waals surface area contributed by atoms with Crippen LogP contribution in [0.3, 0.4) is 0 Å². The van der Waals surface area contributed by atoms with E-state index in [-0.39, 0.29) is 0 Å². The first-order valence-corrected chi connectivity index (χ1v) is 11.3. The van der Waals surface area contributed by atoms with E-state index in [1.54, 1.807) is 35.9 Å². The molecular weight excluding hydrogens is 461 g/mol. The number of nitrogens with one attached hydrogen (secondary N) is 2. The highest BCUT2D eigenvalue weighted by atomic mass is 19.4. The summed E-state index contributed by atoms with van der Waals surface area (Å²) < 4.78 is 38.7. The molecule has 11 heteroatoms. The number of halogens is 3. The Bertz CT molecular complexity index is 1190. The third-order valence-corrected chi connectivity index (χ3v) is 5.83. The van der Waals surface area contributed by atoms with Crippen LogP contribution in [0.25, 0.3) is 16.9 Å². The van der Waals surface area contributed by atoms with E-state index in [1.165, 1.54) is 0 Å². The minimum absolute atomic E-state index is 0.364. The molecule has 1 aliphatic rings. The number of alkyl halides is 3. The number of imidazole rings is 1. The van der Waals surface area contributed by atoms with E-state index in [4.69, 9.17) is 4.84 Å². The molecule has 3 aromatic rings. The number of anilines is 1. The van der Waals surface area contributed by atoms with Gasteiger partial charge in [-0.3, -0.25) is 4.40 Å². The number of oxime groups is 1. The molecule has 1 aromatic carbocycles. The maximum atomic E-state index is 12.3. The van der Waals surface area contributed by atoms with Crippen LogP contribution in [-0.4, -0.2) is 66.0 Å². The van der Waals surface area contributed by atoms with Gasteiger partial charge in [0.1, 0.15) is 18.8 Å². The predicted molar refractivity (Wildman–Crippen MR) is 127 cm³/mol. The molecule has 1 fully saturated rings. The van der Waals surface area contributed by atoms with Gasteiger partial charge in [-0.25, -0.2) is 9.78 Å².